The summed E-state index contributed by atoms with van der Waals surface area (Å²) in [6.07, 6.45) is 19.3. The molecule has 0 aromatic carbocycles. The summed E-state index contributed by atoms with van der Waals surface area (Å²) in [5.41, 5.74) is 0. The van der Waals surface area contributed by atoms with E-state index in [1.165, 1.54) is 38.5 Å². The van der Waals surface area contributed by atoms with Crippen LogP contribution >= 0.6 is 0 Å². The zero-order valence-corrected chi connectivity index (χ0v) is 13.4. The normalized spacial score (nSPS) is 21.0. The van der Waals surface area contributed by atoms with Crippen molar-refractivity contribution in [3.8, 4) is 0 Å². The second-order valence-corrected chi connectivity index (χ2v) is 5.96. The maximum Gasteiger partial charge on any atom is 0.303 e. The molecule has 0 saturated carbocycles. The number of hydrogen-bond acceptors (Lipinski definition) is 2. The SMILES string of the molecule is CCCCCC1OC1[CH]/C=C\CCCCCCCC(=O)O. The predicted molar refractivity (Wildman–Crippen MR) is 86.2 cm³/mol. The van der Waals surface area contributed by atoms with Crippen LogP contribution in [0.3, 0.4) is 0 Å². The Morgan fingerprint density at radius 1 is 1.10 bits per heavy atom. The summed E-state index contributed by atoms with van der Waals surface area (Å²) < 4.78 is 5.60. The summed E-state index contributed by atoms with van der Waals surface area (Å²) in [6, 6.07) is 0. The van der Waals surface area contributed by atoms with Crippen LogP contribution in [0.4, 0.5) is 0 Å². The van der Waals surface area contributed by atoms with Gasteiger partial charge in [0.25, 0.3) is 0 Å². The van der Waals surface area contributed by atoms with Gasteiger partial charge in [-0.2, -0.15) is 0 Å². The van der Waals surface area contributed by atoms with Crippen molar-refractivity contribution in [3.05, 3.63) is 18.6 Å². The topological polar surface area (TPSA) is 49.8 Å². The van der Waals surface area contributed by atoms with Gasteiger partial charge in [-0.15, -0.1) is 0 Å². The van der Waals surface area contributed by atoms with E-state index in [1.807, 2.05) is 0 Å². The standard InChI is InChI=1S/C18H31O3/c1-2-3-10-13-16-17(21-16)14-11-8-6-4-5-7-9-12-15-18(19)20/h8,11,14,16-17H,2-7,9-10,12-13,15H2,1H3,(H,19,20)/b11-8-. The molecule has 1 fully saturated rings. The van der Waals surface area contributed by atoms with E-state index >= 15 is 0 Å². The Morgan fingerprint density at radius 2 is 1.86 bits per heavy atom. The molecule has 0 spiro atoms. The zero-order valence-electron chi connectivity index (χ0n) is 13.4. The van der Waals surface area contributed by atoms with Gasteiger partial charge in [0.1, 0.15) is 0 Å². The second kappa shape index (κ2) is 11.8. The highest BCUT2D eigenvalue weighted by atomic mass is 16.6. The number of carboxylic acids is 1. The number of unbranched alkanes of at least 4 members (excludes halogenated alkanes) is 7. The van der Waals surface area contributed by atoms with Gasteiger partial charge in [0.05, 0.1) is 12.2 Å². The predicted octanol–water partition coefficient (Wildman–Crippen LogP) is 4.91. The first-order valence-corrected chi connectivity index (χ1v) is 8.61. The van der Waals surface area contributed by atoms with E-state index in [0.717, 1.165) is 25.7 Å². The van der Waals surface area contributed by atoms with Gasteiger partial charge in [0.15, 0.2) is 0 Å². The first-order chi connectivity index (χ1) is 10.2. The number of aliphatic carboxylic acids is 1. The van der Waals surface area contributed by atoms with Crippen LogP contribution in [0, 0.1) is 6.42 Å². The highest BCUT2D eigenvalue weighted by molar-refractivity contribution is 5.66. The number of epoxide rings is 1. The molecule has 1 aliphatic heterocycles. The van der Waals surface area contributed by atoms with Crippen LogP contribution in [0.15, 0.2) is 12.2 Å². The van der Waals surface area contributed by atoms with Crippen LogP contribution in [0.25, 0.3) is 0 Å². The van der Waals surface area contributed by atoms with Gasteiger partial charge >= 0.3 is 5.97 Å². The number of carbonyl (C=O) groups is 1. The van der Waals surface area contributed by atoms with Crippen molar-refractivity contribution in [2.45, 2.75) is 89.8 Å². The maximum absolute atomic E-state index is 10.3. The number of hydrogen-bond donors (Lipinski definition) is 1. The molecule has 1 radical (unpaired) electrons. The molecule has 1 rings (SSSR count). The minimum absolute atomic E-state index is 0.315. The van der Waals surface area contributed by atoms with Crippen LogP contribution in [-0.4, -0.2) is 23.3 Å². The van der Waals surface area contributed by atoms with Crippen molar-refractivity contribution in [3.63, 3.8) is 0 Å². The van der Waals surface area contributed by atoms with Crippen LogP contribution in [0.2, 0.25) is 0 Å². The Kier molecular flexibility index (Phi) is 10.2. The fraction of sp³-hybridized carbons (Fsp3) is 0.778. The molecule has 121 valence electrons. The summed E-state index contributed by atoms with van der Waals surface area (Å²) >= 11 is 0. The molecule has 0 bridgehead atoms. The van der Waals surface area contributed by atoms with Crippen molar-refractivity contribution < 1.29 is 14.6 Å². The number of carboxylic acid groups (broad SMARTS) is 1. The third-order valence-electron chi connectivity index (χ3n) is 3.91. The van der Waals surface area contributed by atoms with E-state index in [0.29, 0.717) is 18.6 Å². The van der Waals surface area contributed by atoms with E-state index in [4.69, 9.17) is 9.84 Å². The fourth-order valence-electron chi connectivity index (χ4n) is 2.51. The summed E-state index contributed by atoms with van der Waals surface area (Å²) in [5, 5.41) is 8.52. The lowest BCUT2D eigenvalue weighted by Crippen LogP contribution is -1.93. The third kappa shape index (κ3) is 10.5. The molecule has 21 heavy (non-hydrogen) atoms. The molecule has 0 aromatic rings. The zero-order chi connectivity index (χ0) is 15.3. The molecule has 0 amide bonds. The van der Waals surface area contributed by atoms with Crippen molar-refractivity contribution in [1.29, 1.82) is 0 Å². The van der Waals surface area contributed by atoms with E-state index in [9.17, 15) is 4.79 Å². The Labute approximate surface area is 129 Å². The molecule has 3 heteroatoms. The molecule has 2 unspecified atom stereocenters. The van der Waals surface area contributed by atoms with E-state index in [2.05, 4.69) is 25.5 Å². The largest absolute Gasteiger partial charge is 0.481 e. The molecule has 1 saturated heterocycles. The van der Waals surface area contributed by atoms with Crippen molar-refractivity contribution in [1.82, 2.24) is 0 Å². The molecule has 1 heterocycles. The van der Waals surface area contributed by atoms with Crippen LogP contribution in [0.5, 0.6) is 0 Å². The molecule has 2 atom stereocenters. The minimum Gasteiger partial charge on any atom is -0.481 e. The first-order valence-electron chi connectivity index (χ1n) is 8.61. The smallest absolute Gasteiger partial charge is 0.303 e. The van der Waals surface area contributed by atoms with E-state index in [1.54, 1.807) is 0 Å². The number of ether oxygens (including phenoxy) is 1. The van der Waals surface area contributed by atoms with Gasteiger partial charge in [0, 0.05) is 12.8 Å². The van der Waals surface area contributed by atoms with Gasteiger partial charge in [-0.25, -0.2) is 0 Å². The van der Waals surface area contributed by atoms with Crippen LogP contribution in [-0.2, 0) is 9.53 Å². The summed E-state index contributed by atoms with van der Waals surface area (Å²) in [7, 11) is 0. The average Bonchev–Trinajstić information content (AvgIpc) is 3.19. The lowest BCUT2D eigenvalue weighted by Gasteiger charge is -1.98. The molecule has 3 nitrogen and oxygen atoms in total. The Hall–Kier alpha value is -0.830. The van der Waals surface area contributed by atoms with E-state index in [-0.39, 0.29) is 0 Å². The molecular weight excluding hydrogens is 264 g/mol. The number of rotatable bonds is 14. The van der Waals surface area contributed by atoms with Crippen LogP contribution in [0.1, 0.15) is 77.6 Å². The fourth-order valence-corrected chi connectivity index (χ4v) is 2.51. The van der Waals surface area contributed by atoms with Gasteiger partial charge in [0.2, 0.25) is 0 Å². The number of allylic oxidation sites excluding steroid dienone is 1. The summed E-state index contributed by atoms with van der Waals surface area (Å²) in [4.78, 5) is 10.3. The molecular formula is C18H31O3. The third-order valence-corrected chi connectivity index (χ3v) is 3.91. The van der Waals surface area contributed by atoms with Gasteiger partial charge in [-0.1, -0.05) is 57.6 Å². The summed E-state index contributed by atoms with van der Waals surface area (Å²) in [5.74, 6) is -0.677. The molecule has 0 aliphatic carbocycles. The molecule has 1 aliphatic rings. The Bertz CT molecular complexity index is 299. The Morgan fingerprint density at radius 3 is 2.62 bits per heavy atom. The minimum atomic E-state index is -0.677. The molecule has 1 N–H and O–H groups in total. The highest BCUT2D eigenvalue weighted by Gasteiger charge is 2.36. The highest BCUT2D eigenvalue weighted by Crippen LogP contribution is 2.29. The maximum atomic E-state index is 10.3. The van der Waals surface area contributed by atoms with Crippen LogP contribution < -0.4 is 0 Å². The van der Waals surface area contributed by atoms with Crippen molar-refractivity contribution >= 4 is 5.97 Å². The van der Waals surface area contributed by atoms with Crippen molar-refractivity contribution in [2.24, 2.45) is 0 Å². The monoisotopic (exact) mass is 295 g/mol. The van der Waals surface area contributed by atoms with Gasteiger partial charge in [-0.05, 0) is 25.7 Å². The lowest BCUT2D eigenvalue weighted by molar-refractivity contribution is -0.137. The van der Waals surface area contributed by atoms with Gasteiger partial charge < -0.3 is 9.84 Å². The van der Waals surface area contributed by atoms with Gasteiger partial charge in [-0.3, -0.25) is 4.79 Å². The van der Waals surface area contributed by atoms with E-state index < -0.39 is 5.97 Å². The average molecular weight is 295 g/mol. The lowest BCUT2D eigenvalue weighted by atomic mass is 10.1. The summed E-state index contributed by atoms with van der Waals surface area (Å²) in [6.45, 7) is 2.23. The second-order valence-electron chi connectivity index (χ2n) is 5.96. The quantitative estimate of drug-likeness (QED) is 0.366. The Balaban J connectivity index is 1.81. The first kappa shape index (κ1) is 18.2. The van der Waals surface area contributed by atoms with Crippen molar-refractivity contribution in [2.75, 3.05) is 0 Å². The molecule has 0 aromatic heterocycles.